The van der Waals surface area contributed by atoms with E-state index in [-0.39, 0.29) is 123 Å². The number of hydrogen-bond donors (Lipinski definition) is 3. The summed E-state index contributed by atoms with van der Waals surface area (Å²) in [4.78, 5) is 194. The van der Waals surface area contributed by atoms with Crippen LogP contribution in [0.3, 0.4) is 0 Å². The molecule has 0 spiro atoms. The number of imide groups is 1. The van der Waals surface area contributed by atoms with E-state index < -0.39 is 101 Å². The number of benzene rings is 8. The average molecular weight is 1910 g/mol. The quantitative estimate of drug-likeness (QED) is 0.00607. The van der Waals surface area contributed by atoms with Crippen molar-refractivity contribution in [2.75, 3.05) is 19.8 Å². The van der Waals surface area contributed by atoms with Gasteiger partial charge in [0.25, 0.3) is 11.8 Å². The number of nitrogens with zero attached hydrogens (tertiary/aromatic N) is 1. The smallest absolute Gasteiger partial charge is 0.341 e. The molecule has 0 saturated heterocycles. The lowest BCUT2D eigenvalue weighted by Gasteiger charge is -2.15. The number of hydrogen-bond acceptors (Lipinski definition) is 25. The molecular formula is C109H108F2N4O25. The van der Waals surface area contributed by atoms with Crippen molar-refractivity contribution in [2.45, 2.75) is 152 Å². The van der Waals surface area contributed by atoms with E-state index in [1.165, 1.54) is 62.4 Å². The zero-order valence-electron chi connectivity index (χ0n) is 78.8. The molecule has 0 bridgehead atoms. The fourth-order valence-electron chi connectivity index (χ4n) is 12.9. The summed E-state index contributed by atoms with van der Waals surface area (Å²) in [5.41, 5.74) is 12.0. The minimum atomic E-state index is -1.08. The third-order valence-corrected chi connectivity index (χ3v) is 20.9. The van der Waals surface area contributed by atoms with E-state index in [1.807, 2.05) is 42.5 Å². The van der Waals surface area contributed by atoms with Crippen LogP contribution in [0.15, 0.2) is 273 Å². The molecule has 3 N–H and O–H groups in total. The van der Waals surface area contributed by atoms with Gasteiger partial charge in [0.05, 0.1) is 25.6 Å². The zero-order chi connectivity index (χ0) is 102. The largest absolute Gasteiger partial charge is 0.462 e. The summed E-state index contributed by atoms with van der Waals surface area (Å²) in [5.74, 6) is -11.5. The van der Waals surface area contributed by atoms with Crippen molar-refractivity contribution in [3.63, 3.8) is 0 Å². The van der Waals surface area contributed by atoms with E-state index in [9.17, 15) is 85.5 Å². The predicted molar refractivity (Wildman–Crippen MR) is 514 cm³/mol. The first kappa shape index (κ1) is 109. The maximum absolute atomic E-state index is 14.9. The molecule has 0 fully saturated rings. The van der Waals surface area contributed by atoms with E-state index in [4.69, 9.17) is 42.6 Å². The number of rotatable bonds is 45. The summed E-state index contributed by atoms with van der Waals surface area (Å²) in [5, 5.41) is 8.34. The molecule has 0 unspecified atom stereocenters. The Balaban J connectivity index is 0.000000258. The molecule has 0 saturated carbocycles. The van der Waals surface area contributed by atoms with Crippen molar-refractivity contribution in [1.29, 1.82) is 0 Å². The van der Waals surface area contributed by atoms with Crippen LogP contribution in [0, 0.1) is 17.6 Å². The van der Waals surface area contributed by atoms with Crippen LogP contribution in [0.25, 0.3) is 33.4 Å². The number of nitrogens with one attached hydrogen (secondary N) is 3. The Bertz CT molecular complexity index is 5960. The van der Waals surface area contributed by atoms with Gasteiger partial charge in [0.1, 0.15) is 43.4 Å². The summed E-state index contributed by atoms with van der Waals surface area (Å²) >= 11 is 0. The standard InChI is InChI=1S/C37H35NO12.C36H38FN3O5.C36H35FO8/c1-23(2)36(45)47-18-6-4-3-5-7-19-48-37(46)28-20-25(10-15-31(28)50-35(44)22-38-32(41)16-17-33(38)42)24-8-11-26(12-9-24)49-34(43)21-27-29(39)13-14-30(27)40;1-22(2)34(42)38-19-26-8-11-27(12-9-26)28-14-15-32(31(37)18-28)45-33(41)16-10-25-7-13-29(20-39-35(43)23(3)4)30(17-25)21-40-36(44)24(5)6;1-22(2)34(39)42-19-26-8-11-27(12-9-26)28-14-15-32(31(37)18-28)45-33(38)16-10-25-7-13-29(20-43-35(40)23(3)4)30(17-25)21-44-36(41)24(5)6/h8-17,20,27H,1,3-7,18-19,21-22H2,2H3;7-9,11-15,17-18H,1,3,5,10,16,19-21H2,2,4,6H3,(H,38,42)(H,39,43)(H,40,44);7-9,11-15,17-18H,1,3,5,10,16,19-21H2,2,4,6H3. The number of allylic oxidation sites excluding steroid dienone is 2. The Labute approximate surface area is 808 Å². The highest BCUT2D eigenvalue weighted by atomic mass is 19.1. The van der Waals surface area contributed by atoms with Crippen LogP contribution in [0.2, 0.25) is 0 Å². The van der Waals surface area contributed by atoms with Crippen molar-refractivity contribution in [3.8, 4) is 56.4 Å². The number of carbonyl (C=O) groups is 16. The molecule has 0 atom stereocenters. The first-order chi connectivity index (χ1) is 66.6. The molecule has 140 heavy (non-hydrogen) atoms. The highest BCUT2D eigenvalue weighted by molar-refractivity contribution is 6.20. The number of carbonyl (C=O) groups excluding carboxylic acids is 16. The molecule has 29 nitrogen and oxygen atoms in total. The number of aryl methyl sites for hydroxylation is 2. The monoisotopic (exact) mass is 1910 g/mol. The molecule has 1 heterocycles. The highest BCUT2D eigenvalue weighted by Gasteiger charge is 2.32. The number of ketones is 2. The Kier molecular flexibility index (Phi) is 41.6. The van der Waals surface area contributed by atoms with E-state index in [1.54, 1.807) is 107 Å². The molecule has 8 aromatic carbocycles. The number of amides is 5. The SMILES string of the molecule is C=C(C)C(=O)NCc1ccc(-c2ccc(OC(=O)CCc3ccc(CNC(=O)C(=C)C)c(CNC(=O)C(=C)C)c3)c(F)c2)cc1.C=C(C)C(=O)OCCCCCCCOC(=O)c1cc(-c2ccc(OC(=O)CC3C(=O)C=CC3=O)cc2)ccc1OC(=O)CN1C(=O)C=CC1=O.C=C(C)C(=O)OCc1ccc(-c2ccc(OC(=O)CCc3ccc(COC(=O)C(=C)C)c(COC(=O)C(=C)C)c3)c(F)c2)cc1. The zero-order valence-corrected chi connectivity index (χ0v) is 78.8. The van der Waals surface area contributed by atoms with Crippen LogP contribution in [0.1, 0.15) is 155 Å². The van der Waals surface area contributed by atoms with Gasteiger partial charge in [-0.1, -0.05) is 181 Å². The molecule has 0 radical (unpaired) electrons. The van der Waals surface area contributed by atoms with Gasteiger partial charge in [-0.25, -0.2) is 37.5 Å². The molecule has 1 aliphatic heterocycles. The Morgan fingerprint density at radius 1 is 0.336 bits per heavy atom. The second-order valence-electron chi connectivity index (χ2n) is 32.8. The number of halogens is 2. The molecule has 2 aliphatic rings. The lowest BCUT2D eigenvalue weighted by atomic mass is 10.0. The van der Waals surface area contributed by atoms with Gasteiger partial charge in [0, 0.05) is 83.6 Å². The van der Waals surface area contributed by atoms with Gasteiger partial charge in [-0.05, 0) is 213 Å². The molecule has 10 rings (SSSR count). The fourth-order valence-corrected chi connectivity index (χ4v) is 12.9. The van der Waals surface area contributed by atoms with Crippen molar-refractivity contribution in [3.05, 3.63) is 335 Å². The van der Waals surface area contributed by atoms with Crippen molar-refractivity contribution < 1.29 is 128 Å². The molecule has 0 aromatic heterocycles. The van der Waals surface area contributed by atoms with Gasteiger partial charge in [-0.3, -0.25) is 52.8 Å². The highest BCUT2D eigenvalue weighted by Crippen LogP contribution is 2.33. The van der Waals surface area contributed by atoms with E-state index in [0.29, 0.717) is 98.6 Å². The maximum Gasteiger partial charge on any atom is 0.341 e. The van der Waals surface area contributed by atoms with Gasteiger partial charge in [-0.15, -0.1) is 0 Å². The lowest BCUT2D eigenvalue weighted by Crippen LogP contribution is -2.36. The van der Waals surface area contributed by atoms with Crippen LogP contribution in [-0.4, -0.2) is 119 Å². The summed E-state index contributed by atoms with van der Waals surface area (Å²) in [6.07, 6.45) is 8.10. The maximum atomic E-state index is 14.9. The van der Waals surface area contributed by atoms with E-state index >= 15 is 0 Å². The lowest BCUT2D eigenvalue weighted by molar-refractivity contribution is -0.146. The third-order valence-electron chi connectivity index (χ3n) is 20.9. The van der Waals surface area contributed by atoms with Gasteiger partial charge in [0.2, 0.25) is 17.7 Å². The minimum absolute atomic E-state index is 0.00607. The molecule has 1 aliphatic carbocycles. The van der Waals surface area contributed by atoms with Gasteiger partial charge >= 0.3 is 53.7 Å². The summed E-state index contributed by atoms with van der Waals surface area (Å²) in [6.45, 7) is 36.6. The van der Waals surface area contributed by atoms with Crippen LogP contribution in [-0.2, 0) is 148 Å². The Morgan fingerprint density at radius 2 is 0.714 bits per heavy atom. The van der Waals surface area contributed by atoms with E-state index in [2.05, 4.69) is 62.0 Å². The minimum Gasteiger partial charge on any atom is -0.462 e. The molecule has 5 amide bonds. The van der Waals surface area contributed by atoms with Crippen LogP contribution < -0.4 is 34.9 Å². The summed E-state index contributed by atoms with van der Waals surface area (Å²) in [7, 11) is 0. The van der Waals surface area contributed by atoms with Gasteiger partial charge in [-0.2, -0.15) is 0 Å². The summed E-state index contributed by atoms with van der Waals surface area (Å²) < 4.78 is 77.3. The summed E-state index contributed by atoms with van der Waals surface area (Å²) in [6, 6.07) is 44.4. The first-order valence-corrected chi connectivity index (χ1v) is 44.2. The second-order valence-corrected chi connectivity index (χ2v) is 32.8. The predicted octanol–water partition coefficient (Wildman–Crippen LogP) is 16.5. The van der Waals surface area contributed by atoms with Crippen molar-refractivity contribution in [2.24, 2.45) is 5.92 Å². The van der Waals surface area contributed by atoms with Gasteiger partial charge in [0.15, 0.2) is 34.7 Å². The number of ether oxygens (including phenoxy) is 9. The van der Waals surface area contributed by atoms with Gasteiger partial charge < -0.3 is 58.6 Å². The second kappa shape index (κ2) is 53.6. The molecular weight excluding hydrogens is 1800 g/mol. The third kappa shape index (κ3) is 34.9. The molecule has 31 heteroatoms. The Morgan fingerprint density at radius 3 is 1.19 bits per heavy atom. The van der Waals surface area contributed by atoms with Crippen molar-refractivity contribution >= 4 is 94.8 Å². The first-order valence-electron chi connectivity index (χ1n) is 44.2. The van der Waals surface area contributed by atoms with Crippen molar-refractivity contribution in [1.82, 2.24) is 20.9 Å². The molecule has 8 aromatic rings. The topological polar surface area (TPSA) is 396 Å². The van der Waals surface area contributed by atoms with Crippen LogP contribution >= 0.6 is 0 Å². The number of unbranched alkanes of at least 4 members (excludes halogenated alkanes) is 4. The van der Waals surface area contributed by atoms with Crippen LogP contribution in [0.4, 0.5) is 8.78 Å². The van der Waals surface area contributed by atoms with Crippen LogP contribution in [0.5, 0.6) is 23.0 Å². The Hall–Kier alpha value is -16.6. The molecule has 728 valence electrons. The van der Waals surface area contributed by atoms with E-state index in [0.717, 1.165) is 88.1 Å². The average Bonchev–Trinajstić information content (AvgIpc) is 0.942. The fraction of sp³-hybridized carbons (Fsp3) is 0.248. The number of esters is 9. The normalized spacial score (nSPS) is 11.7.